The lowest BCUT2D eigenvalue weighted by Crippen LogP contribution is -2.20. The highest BCUT2D eigenvalue weighted by atomic mass is 19.4. The van der Waals surface area contributed by atoms with E-state index in [9.17, 15) is 18.3 Å². The molecule has 0 unspecified atom stereocenters. The fourth-order valence-electron chi connectivity index (χ4n) is 2.73. The summed E-state index contributed by atoms with van der Waals surface area (Å²) in [5.41, 5.74) is 1.16. The number of benzene rings is 1. The summed E-state index contributed by atoms with van der Waals surface area (Å²) in [4.78, 5) is 8.47. The van der Waals surface area contributed by atoms with Gasteiger partial charge in [0.05, 0.1) is 11.3 Å². The van der Waals surface area contributed by atoms with Gasteiger partial charge in [-0.3, -0.25) is 4.99 Å². The Bertz CT molecular complexity index is 849. The Balaban J connectivity index is 2.35. The average Bonchev–Trinajstić information content (AvgIpc) is 2.65. The largest absolute Gasteiger partial charge is 0.508 e. The van der Waals surface area contributed by atoms with Gasteiger partial charge in [0.2, 0.25) is 0 Å². The third kappa shape index (κ3) is 5.34. The van der Waals surface area contributed by atoms with Gasteiger partial charge in [0.25, 0.3) is 0 Å². The van der Waals surface area contributed by atoms with Crippen molar-refractivity contribution in [3.05, 3.63) is 70.3 Å². The molecule has 1 aromatic rings. The summed E-state index contributed by atoms with van der Waals surface area (Å²) in [6.45, 7) is 7.84. The highest BCUT2D eigenvalue weighted by molar-refractivity contribution is 6.12. The Morgan fingerprint density at radius 1 is 1.21 bits per heavy atom. The van der Waals surface area contributed by atoms with Gasteiger partial charge in [0, 0.05) is 18.7 Å². The van der Waals surface area contributed by atoms with Crippen molar-refractivity contribution in [3.8, 4) is 0 Å². The molecular weight excluding hydrogens is 367 g/mol. The Morgan fingerprint density at radius 3 is 2.57 bits per heavy atom. The molecule has 7 heteroatoms. The van der Waals surface area contributed by atoms with E-state index in [1.54, 1.807) is 19.1 Å². The van der Waals surface area contributed by atoms with E-state index >= 15 is 0 Å². The molecule has 0 spiro atoms. The number of nitrogens with one attached hydrogen (secondary N) is 1. The van der Waals surface area contributed by atoms with Gasteiger partial charge in [-0.1, -0.05) is 31.5 Å². The summed E-state index contributed by atoms with van der Waals surface area (Å²) in [6, 6.07) is 5.36. The molecule has 1 aromatic carbocycles. The molecule has 2 N–H and O–H groups in total. The van der Waals surface area contributed by atoms with E-state index < -0.39 is 11.7 Å². The number of hydrogen-bond donors (Lipinski definition) is 2. The van der Waals surface area contributed by atoms with Crippen LogP contribution < -0.4 is 5.32 Å². The first-order valence-electron chi connectivity index (χ1n) is 9.02. The van der Waals surface area contributed by atoms with Crippen LogP contribution in [0, 0.1) is 0 Å². The van der Waals surface area contributed by atoms with Crippen LogP contribution in [0.2, 0.25) is 0 Å². The number of aliphatic hydroxyl groups excluding tert-OH is 1. The van der Waals surface area contributed by atoms with Crippen molar-refractivity contribution in [1.82, 2.24) is 5.32 Å². The number of halogens is 3. The molecule has 0 atom stereocenters. The minimum Gasteiger partial charge on any atom is -0.508 e. The summed E-state index contributed by atoms with van der Waals surface area (Å²) < 4.78 is 39.6. The van der Waals surface area contributed by atoms with Crippen molar-refractivity contribution in [2.75, 3.05) is 6.54 Å². The monoisotopic (exact) mass is 391 g/mol. The summed E-state index contributed by atoms with van der Waals surface area (Å²) in [7, 11) is 0. The van der Waals surface area contributed by atoms with Gasteiger partial charge in [0.15, 0.2) is 0 Å². The standard InChI is InChI=1S/C21H24F3N3O/c1-4-5-10-26-18-11-14(2)19(28)12-16(18)20(25-3)27-13-15-8-6-7-9-17(15)21(22,23)24/h6-9,11-12,27-28H,3-5,10,13H2,1-2H3/b20-16+,26-18-. The van der Waals surface area contributed by atoms with Crippen LogP contribution in [0.5, 0.6) is 0 Å². The van der Waals surface area contributed by atoms with E-state index in [1.807, 2.05) is 0 Å². The molecule has 4 nitrogen and oxygen atoms in total. The Morgan fingerprint density at radius 2 is 1.93 bits per heavy atom. The van der Waals surface area contributed by atoms with Gasteiger partial charge in [-0.15, -0.1) is 0 Å². The molecule has 2 rings (SSSR count). The minimum atomic E-state index is -4.44. The fraction of sp³-hybridized carbons (Fsp3) is 0.333. The lowest BCUT2D eigenvalue weighted by molar-refractivity contribution is -0.138. The second-order valence-electron chi connectivity index (χ2n) is 6.41. The van der Waals surface area contributed by atoms with Crippen molar-refractivity contribution in [3.63, 3.8) is 0 Å². The minimum absolute atomic E-state index is 0.0584. The Hall–Kier alpha value is -2.83. The van der Waals surface area contributed by atoms with Crippen LogP contribution in [0.4, 0.5) is 13.2 Å². The van der Waals surface area contributed by atoms with Crippen LogP contribution in [0.3, 0.4) is 0 Å². The second kappa shape index (κ2) is 9.39. The summed E-state index contributed by atoms with van der Waals surface area (Å²) in [5.74, 6) is 0.325. The number of hydrogen-bond acceptors (Lipinski definition) is 4. The topological polar surface area (TPSA) is 57.0 Å². The van der Waals surface area contributed by atoms with Crippen molar-refractivity contribution in [1.29, 1.82) is 0 Å². The van der Waals surface area contributed by atoms with Crippen molar-refractivity contribution in [2.24, 2.45) is 9.98 Å². The van der Waals surface area contributed by atoms with E-state index in [0.29, 0.717) is 23.4 Å². The predicted molar refractivity (Wildman–Crippen MR) is 107 cm³/mol. The lowest BCUT2D eigenvalue weighted by atomic mass is 9.99. The molecular formula is C21H24F3N3O. The zero-order valence-electron chi connectivity index (χ0n) is 16.0. The van der Waals surface area contributed by atoms with E-state index in [0.717, 1.165) is 18.9 Å². The zero-order chi connectivity index (χ0) is 20.7. The molecule has 1 aliphatic rings. The zero-order valence-corrected chi connectivity index (χ0v) is 16.0. The maximum atomic E-state index is 13.2. The van der Waals surface area contributed by atoms with Crippen molar-refractivity contribution < 1.29 is 18.3 Å². The molecule has 0 radical (unpaired) electrons. The normalized spacial score (nSPS) is 17.8. The van der Waals surface area contributed by atoms with E-state index in [4.69, 9.17) is 0 Å². The van der Waals surface area contributed by atoms with Gasteiger partial charge >= 0.3 is 6.18 Å². The van der Waals surface area contributed by atoms with Crippen LogP contribution in [0.1, 0.15) is 37.8 Å². The fourth-order valence-corrected chi connectivity index (χ4v) is 2.73. The number of nitrogens with zero attached hydrogens (tertiary/aromatic N) is 2. The van der Waals surface area contributed by atoms with Crippen LogP contribution in [-0.2, 0) is 12.7 Å². The number of alkyl halides is 3. The van der Waals surface area contributed by atoms with Crippen LogP contribution in [-0.4, -0.2) is 24.1 Å². The molecule has 0 aromatic heterocycles. The van der Waals surface area contributed by atoms with E-state index in [1.165, 1.54) is 18.2 Å². The smallest absolute Gasteiger partial charge is 0.416 e. The first-order valence-corrected chi connectivity index (χ1v) is 9.02. The molecule has 0 amide bonds. The lowest BCUT2D eigenvalue weighted by Gasteiger charge is -2.18. The van der Waals surface area contributed by atoms with Crippen molar-refractivity contribution in [2.45, 2.75) is 39.4 Å². The number of allylic oxidation sites excluding steroid dienone is 4. The highest BCUT2D eigenvalue weighted by Gasteiger charge is 2.32. The summed E-state index contributed by atoms with van der Waals surface area (Å²) in [5, 5.41) is 13.0. The number of rotatable bonds is 7. The molecule has 0 fully saturated rings. The maximum Gasteiger partial charge on any atom is 0.416 e. The molecule has 1 aliphatic carbocycles. The SMILES string of the molecule is C=N/C(NCc1ccccc1C(F)(F)F)=C1/C=C(O)C(C)=C/C1=N/CCCC. The quantitative estimate of drug-likeness (QED) is 0.486. The first-order chi connectivity index (χ1) is 13.3. The molecule has 0 heterocycles. The number of aliphatic imine (C=N–C) groups is 2. The Kier molecular flexibility index (Phi) is 7.20. The van der Waals surface area contributed by atoms with E-state index in [2.05, 4.69) is 28.9 Å². The van der Waals surface area contributed by atoms with Crippen molar-refractivity contribution >= 4 is 12.4 Å². The first kappa shape index (κ1) is 21.5. The highest BCUT2D eigenvalue weighted by Crippen LogP contribution is 2.32. The molecule has 28 heavy (non-hydrogen) atoms. The molecule has 0 saturated heterocycles. The number of aliphatic hydroxyl groups is 1. The second-order valence-corrected chi connectivity index (χ2v) is 6.41. The molecule has 150 valence electrons. The van der Waals surface area contributed by atoms with Crippen LogP contribution in [0.15, 0.2) is 69.1 Å². The van der Waals surface area contributed by atoms with E-state index in [-0.39, 0.29) is 23.7 Å². The summed E-state index contributed by atoms with van der Waals surface area (Å²) in [6.07, 6.45) is 0.688. The van der Waals surface area contributed by atoms with Gasteiger partial charge < -0.3 is 10.4 Å². The maximum absolute atomic E-state index is 13.2. The number of unbranched alkanes of at least 4 members (excludes halogenated alkanes) is 1. The van der Waals surface area contributed by atoms with Crippen LogP contribution in [0.25, 0.3) is 0 Å². The third-order valence-electron chi connectivity index (χ3n) is 4.29. The van der Waals surface area contributed by atoms with Gasteiger partial charge in [-0.2, -0.15) is 13.2 Å². The molecule has 0 saturated carbocycles. The molecule has 0 aliphatic heterocycles. The third-order valence-corrected chi connectivity index (χ3v) is 4.29. The Labute approximate surface area is 162 Å². The van der Waals surface area contributed by atoms with Gasteiger partial charge in [0.1, 0.15) is 11.6 Å². The molecule has 0 bridgehead atoms. The van der Waals surface area contributed by atoms with Gasteiger partial charge in [-0.25, -0.2) is 4.99 Å². The average molecular weight is 391 g/mol. The van der Waals surface area contributed by atoms with Crippen LogP contribution >= 0.6 is 0 Å². The van der Waals surface area contributed by atoms with Gasteiger partial charge in [-0.05, 0) is 49.4 Å². The predicted octanol–water partition coefficient (Wildman–Crippen LogP) is 5.35. The summed E-state index contributed by atoms with van der Waals surface area (Å²) >= 11 is 0.